The van der Waals surface area contributed by atoms with Crippen molar-refractivity contribution >= 4 is 40.1 Å². The molecule has 0 radical (unpaired) electrons. The van der Waals surface area contributed by atoms with Gasteiger partial charge >= 0.3 is 0 Å². The molecule has 3 heterocycles. The highest BCUT2D eigenvalue weighted by Crippen LogP contribution is 2.58. The number of carbonyl (C=O) groups is 3. The van der Waals surface area contributed by atoms with Crippen LogP contribution in [0.4, 0.5) is 17.1 Å². The van der Waals surface area contributed by atoms with E-state index in [-0.39, 0.29) is 28.7 Å². The van der Waals surface area contributed by atoms with Crippen LogP contribution < -0.4 is 10.2 Å². The maximum Gasteiger partial charge on any atom is 0.269 e. The summed E-state index contributed by atoms with van der Waals surface area (Å²) in [5.41, 5.74) is 3.93. The number of amides is 1. The van der Waals surface area contributed by atoms with Crippen molar-refractivity contribution in [1.29, 1.82) is 0 Å². The summed E-state index contributed by atoms with van der Waals surface area (Å²) in [6.07, 6.45) is 2.00. The van der Waals surface area contributed by atoms with Crippen molar-refractivity contribution in [3.8, 4) is 0 Å². The van der Waals surface area contributed by atoms with Gasteiger partial charge in [-0.1, -0.05) is 72.3 Å². The summed E-state index contributed by atoms with van der Waals surface area (Å²) in [7, 11) is 0. The maximum absolute atomic E-state index is 14.8. The number of aryl methyl sites for hydroxylation is 1. The zero-order valence-corrected chi connectivity index (χ0v) is 23.5. The predicted octanol–water partition coefficient (Wildman–Crippen LogP) is 6.15. The Balaban J connectivity index is 1.53. The summed E-state index contributed by atoms with van der Waals surface area (Å²) in [5, 5.41) is 14.4. The number of Topliss-reactive ketones (excluding diaryl/α,β-unsaturated/α-hetero) is 2. The normalized spacial score (nSPS) is 23.2. The molecule has 3 aliphatic rings. The number of para-hydroxylation sites is 2. The topological polar surface area (TPSA) is 110 Å². The van der Waals surface area contributed by atoms with Crippen molar-refractivity contribution in [2.24, 2.45) is 5.92 Å². The summed E-state index contributed by atoms with van der Waals surface area (Å²) in [6, 6.07) is 25.9. The summed E-state index contributed by atoms with van der Waals surface area (Å²) >= 11 is 0. The van der Waals surface area contributed by atoms with Crippen molar-refractivity contribution in [3.63, 3.8) is 0 Å². The molecule has 1 spiro atoms. The Kier molecular flexibility index (Phi) is 5.92. The fraction of sp³-hybridized carbons (Fsp3) is 0.171. The minimum Gasteiger partial charge on any atom is -0.352 e. The molecule has 8 nitrogen and oxygen atoms in total. The standard InChI is InChI=1S/C35H27N3O5/c1-20-11-13-22(14-12-20)32(39)30-31(33(40)23-15-17-24(18-16-23)38(42)43)37-28-10-6-3-7-25(28)21(2)19-29(37)35(30)26-8-4-5-9-27(26)36-34(35)41/h3-19,29-31H,1-2H3,(H,36,41)/t29-,30+,31-,35-/m0/s1. The van der Waals surface area contributed by atoms with Crippen LogP contribution in [0.15, 0.2) is 103 Å². The van der Waals surface area contributed by atoms with Crippen molar-refractivity contribution in [2.45, 2.75) is 31.3 Å². The van der Waals surface area contributed by atoms with Gasteiger partial charge in [0.15, 0.2) is 11.6 Å². The van der Waals surface area contributed by atoms with Gasteiger partial charge in [-0.15, -0.1) is 0 Å². The Morgan fingerprint density at radius 2 is 1.47 bits per heavy atom. The molecule has 1 saturated heterocycles. The number of benzene rings is 4. The number of fused-ring (bicyclic) bond motifs is 6. The van der Waals surface area contributed by atoms with Crippen LogP contribution in [-0.4, -0.2) is 34.5 Å². The van der Waals surface area contributed by atoms with Crippen LogP contribution in [0.3, 0.4) is 0 Å². The Bertz CT molecular complexity index is 1880. The zero-order chi connectivity index (χ0) is 30.0. The molecule has 0 saturated carbocycles. The van der Waals surface area contributed by atoms with Crippen LogP contribution in [0.2, 0.25) is 0 Å². The van der Waals surface area contributed by atoms with Gasteiger partial charge in [0.05, 0.1) is 16.9 Å². The molecule has 1 fully saturated rings. The van der Waals surface area contributed by atoms with E-state index in [1.807, 2.05) is 85.5 Å². The molecule has 8 heteroatoms. The molecule has 1 N–H and O–H groups in total. The van der Waals surface area contributed by atoms with E-state index < -0.39 is 28.3 Å². The molecule has 7 rings (SSSR count). The fourth-order valence-electron chi connectivity index (χ4n) is 7.20. The first kappa shape index (κ1) is 26.5. The van der Waals surface area contributed by atoms with Gasteiger partial charge in [-0.2, -0.15) is 0 Å². The molecule has 0 unspecified atom stereocenters. The number of anilines is 2. The van der Waals surface area contributed by atoms with Gasteiger partial charge in [-0.3, -0.25) is 24.5 Å². The quantitative estimate of drug-likeness (QED) is 0.175. The molecule has 4 atom stereocenters. The third-order valence-corrected chi connectivity index (χ3v) is 9.13. The molecule has 0 aromatic heterocycles. The lowest BCUT2D eigenvalue weighted by Crippen LogP contribution is -2.51. The Hall–Kier alpha value is -5.37. The molecule has 4 aromatic carbocycles. The number of nitrogens with zero attached hydrogens (tertiary/aromatic N) is 2. The van der Waals surface area contributed by atoms with Gasteiger partial charge in [0.2, 0.25) is 5.91 Å². The average molecular weight is 570 g/mol. The first-order valence-corrected chi connectivity index (χ1v) is 14.1. The van der Waals surface area contributed by atoms with E-state index in [4.69, 9.17) is 0 Å². The van der Waals surface area contributed by atoms with E-state index in [0.717, 1.165) is 22.4 Å². The number of allylic oxidation sites excluding steroid dienone is 1. The van der Waals surface area contributed by atoms with Crippen LogP contribution in [0.25, 0.3) is 5.57 Å². The fourth-order valence-corrected chi connectivity index (χ4v) is 7.20. The van der Waals surface area contributed by atoms with Gasteiger partial charge in [0, 0.05) is 40.2 Å². The van der Waals surface area contributed by atoms with E-state index in [1.165, 1.54) is 24.3 Å². The number of nitrogens with one attached hydrogen (secondary N) is 1. The molecule has 3 aliphatic heterocycles. The monoisotopic (exact) mass is 569 g/mol. The predicted molar refractivity (Wildman–Crippen MR) is 163 cm³/mol. The number of ketones is 2. The lowest BCUT2D eigenvalue weighted by molar-refractivity contribution is -0.384. The van der Waals surface area contributed by atoms with Crippen molar-refractivity contribution in [2.75, 3.05) is 10.2 Å². The number of hydrogen-bond acceptors (Lipinski definition) is 6. The number of rotatable bonds is 5. The molecular weight excluding hydrogens is 542 g/mol. The number of non-ortho nitro benzene ring substituents is 1. The van der Waals surface area contributed by atoms with E-state index in [1.54, 1.807) is 12.1 Å². The largest absolute Gasteiger partial charge is 0.352 e. The number of carbonyl (C=O) groups excluding carboxylic acids is 3. The Labute approximate surface area is 247 Å². The highest BCUT2D eigenvalue weighted by molar-refractivity contribution is 6.18. The molecular formula is C35H27N3O5. The molecule has 4 aromatic rings. The van der Waals surface area contributed by atoms with E-state index in [0.29, 0.717) is 16.8 Å². The number of nitro benzene ring substituents is 1. The third-order valence-electron chi connectivity index (χ3n) is 9.13. The summed E-state index contributed by atoms with van der Waals surface area (Å²) in [6.45, 7) is 3.91. The van der Waals surface area contributed by atoms with Gasteiger partial charge < -0.3 is 10.2 Å². The first-order valence-electron chi connectivity index (χ1n) is 14.1. The Morgan fingerprint density at radius 1 is 0.837 bits per heavy atom. The van der Waals surface area contributed by atoms with Crippen molar-refractivity contribution in [1.82, 2.24) is 0 Å². The number of hydrogen-bond donors (Lipinski definition) is 1. The lowest BCUT2D eigenvalue weighted by Gasteiger charge is -2.39. The van der Waals surface area contributed by atoms with E-state index in [2.05, 4.69) is 5.32 Å². The molecule has 0 aliphatic carbocycles. The summed E-state index contributed by atoms with van der Waals surface area (Å²) < 4.78 is 0. The highest BCUT2D eigenvalue weighted by atomic mass is 16.6. The smallest absolute Gasteiger partial charge is 0.269 e. The van der Waals surface area contributed by atoms with Crippen LogP contribution in [0.5, 0.6) is 0 Å². The van der Waals surface area contributed by atoms with Crippen LogP contribution in [-0.2, 0) is 10.2 Å². The highest BCUT2D eigenvalue weighted by Gasteiger charge is 2.70. The Morgan fingerprint density at radius 3 is 2.19 bits per heavy atom. The molecule has 0 bridgehead atoms. The van der Waals surface area contributed by atoms with Gasteiger partial charge in [0.25, 0.3) is 5.69 Å². The van der Waals surface area contributed by atoms with Crippen LogP contribution in [0, 0.1) is 23.0 Å². The minimum atomic E-state index is -1.42. The van der Waals surface area contributed by atoms with Crippen LogP contribution >= 0.6 is 0 Å². The maximum atomic E-state index is 14.8. The molecule has 1 amide bonds. The molecule has 212 valence electrons. The van der Waals surface area contributed by atoms with Gasteiger partial charge in [-0.05, 0) is 49.2 Å². The third kappa shape index (κ3) is 3.72. The van der Waals surface area contributed by atoms with Crippen molar-refractivity contribution < 1.29 is 19.3 Å². The second-order valence-electron chi connectivity index (χ2n) is 11.4. The lowest BCUT2D eigenvalue weighted by atomic mass is 9.64. The van der Waals surface area contributed by atoms with E-state index in [9.17, 15) is 24.5 Å². The van der Waals surface area contributed by atoms with Gasteiger partial charge in [-0.25, -0.2) is 0 Å². The van der Waals surface area contributed by atoms with Crippen LogP contribution in [0.1, 0.15) is 44.3 Å². The molecule has 43 heavy (non-hydrogen) atoms. The van der Waals surface area contributed by atoms with E-state index >= 15 is 0 Å². The first-order chi connectivity index (χ1) is 20.7. The SMILES string of the molecule is CC1=C[C@@H]2N(c3ccccc31)[C@H](C(=O)c1ccc([N+](=O)[O-])cc1)[C@H](C(=O)c1ccc(C)cc1)[C@@]21C(=O)Nc2ccccc21. The number of nitro groups is 1. The van der Waals surface area contributed by atoms with Crippen molar-refractivity contribution in [3.05, 3.63) is 141 Å². The second-order valence-corrected chi connectivity index (χ2v) is 11.4. The minimum absolute atomic E-state index is 0.143. The summed E-state index contributed by atoms with van der Waals surface area (Å²) in [4.78, 5) is 56.8. The second kappa shape index (κ2) is 9.59. The zero-order valence-electron chi connectivity index (χ0n) is 23.5. The average Bonchev–Trinajstić information content (AvgIpc) is 3.49. The van der Waals surface area contributed by atoms with Gasteiger partial charge in [0.1, 0.15) is 11.5 Å². The summed E-state index contributed by atoms with van der Waals surface area (Å²) in [5.74, 6) is -2.15.